The number of rotatable bonds is 10. The average Bonchev–Trinajstić information content (AvgIpc) is 2.44. The molecule has 20 heavy (non-hydrogen) atoms. The Hall–Kier alpha value is -1.32. The summed E-state index contributed by atoms with van der Waals surface area (Å²) in [7, 11) is 0. The van der Waals surface area contributed by atoms with Crippen molar-refractivity contribution in [3.63, 3.8) is 0 Å². The lowest BCUT2D eigenvalue weighted by atomic mass is 10.1. The number of nitrogens with one attached hydrogen (secondary N) is 1. The third-order valence-electron chi connectivity index (χ3n) is 3.36. The summed E-state index contributed by atoms with van der Waals surface area (Å²) in [5, 5.41) is 3.31. The van der Waals surface area contributed by atoms with E-state index in [1.165, 1.54) is 25.7 Å². The third kappa shape index (κ3) is 5.76. The predicted molar refractivity (Wildman–Crippen MR) is 84.4 cm³/mol. The van der Waals surface area contributed by atoms with E-state index >= 15 is 0 Å². The van der Waals surface area contributed by atoms with Crippen molar-refractivity contribution in [2.45, 2.75) is 72.3 Å². The summed E-state index contributed by atoms with van der Waals surface area (Å²) < 4.78 is 5.95. The zero-order chi connectivity index (χ0) is 14.8. The van der Waals surface area contributed by atoms with E-state index in [1.807, 2.05) is 6.92 Å². The smallest absolute Gasteiger partial charge is 0.221 e. The number of hydrogen-bond donors (Lipinski definition) is 1. The Kier molecular flexibility index (Phi) is 8.00. The fourth-order valence-corrected chi connectivity index (χ4v) is 2.08. The largest absolute Gasteiger partial charge is 0.474 e. The first-order valence-electron chi connectivity index (χ1n) is 7.91. The molecule has 114 valence electrons. The van der Waals surface area contributed by atoms with Crippen LogP contribution in [0.2, 0.25) is 0 Å². The molecule has 0 bridgehead atoms. The maximum atomic E-state index is 5.95. The highest BCUT2D eigenvalue weighted by Gasteiger charge is 2.11. The maximum Gasteiger partial charge on any atom is 0.221 e. The zero-order valence-electron chi connectivity index (χ0n) is 13.4. The van der Waals surface area contributed by atoms with Gasteiger partial charge in [-0.2, -0.15) is 0 Å². The molecule has 4 heteroatoms. The molecule has 0 saturated heterocycles. The van der Waals surface area contributed by atoms with Crippen LogP contribution in [0.25, 0.3) is 0 Å². The van der Waals surface area contributed by atoms with Gasteiger partial charge in [0.25, 0.3) is 0 Å². The van der Waals surface area contributed by atoms with Gasteiger partial charge in [0.05, 0.1) is 11.7 Å². The minimum atomic E-state index is 0.208. The molecule has 1 unspecified atom stereocenters. The molecule has 1 aromatic rings. The van der Waals surface area contributed by atoms with Gasteiger partial charge in [-0.05, 0) is 33.1 Å². The van der Waals surface area contributed by atoms with Crippen LogP contribution in [0.5, 0.6) is 5.88 Å². The van der Waals surface area contributed by atoms with Crippen LogP contribution in [-0.4, -0.2) is 22.6 Å². The van der Waals surface area contributed by atoms with Gasteiger partial charge in [0.1, 0.15) is 12.1 Å². The fourth-order valence-electron chi connectivity index (χ4n) is 2.08. The normalized spacial score (nSPS) is 12.2. The summed E-state index contributed by atoms with van der Waals surface area (Å²) in [6.45, 7) is 9.42. The van der Waals surface area contributed by atoms with Gasteiger partial charge in [-0.1, -0.05) is 33.1 Å². The van der Waals surface area contributed by atoms with Crippen molar-refractivity contribution >= 4 is 5.82 Å². The van der Waals surface area contributed by atoms with Crippen LogP contribution in [0.1, 0.15) is 64.9 Å². The first-order valence-corrected chi connectivity index (χ1v) is 7.91. The fraction of sp³-hybridized carbons (Fsp3) is 0.750. The molecule has 1 aromatic heterocycles. The molecule has 1 heterocycles. The second-order valence-corrected chi connectivity index (χ2v) is 5.36. The number of hydrogen-bond acceptors (Lipinski definition) is 4. The predicted octanol–water partition coefficient (Wildman–Crippen LogP) is 4.34. The number of anilines is 1. The molecular formula is C16H29N3O. The zero-order valence-corrected chi connectivity index (χ0v) is 13.4. The molecule has 1 N–H and O–H groups in total. The van der Waals surface area contributed by atoms with Crippen molar-refractivity contribution in [3.05, 3.63) is 11.9 Å². The van der Waals surface area contributed by atoms with Gasteiger partial charge in [0.2, 0.25) is 5.88 Å². The minimum Gasteiger partial charge on any atom is -0.474 e. The first-order chi connectivity index (χ1) is 9.69. The summed E-state index contributed by atoms with van der Waals surface area (Å²) >= 11 is 0. The molecule has 0 aromatic carbocycles. The number of nitrogens with zero attached hydrogens (tertiary/aromatic N) is 2. The highest BCUT2D eigenvalue weighted by Crippen LogP contribution is 2.22. The summed E-state index contributed by atoms with van der Waals surface area (Å²) in [5.41, 5.74) is 1.00. The molecule has 0 aliphatic heterocycles. The molecule has 0 spiro atoms. The lowest BCUT2D eigenvalue weighted by Crippen LogP contribution is -2.14. The third-order valence-corrected chi connectivity index (χ3v) is 3.36. The van der Waals surface area contributed by atoms with E-state index in [1.54, 1.807) is 6.33 Å². The quantitative estimate of drug-likeness (QED) is 0.647. The molecule has 0 fully saturated rings. The molecule has 1 rings (SSSR count). The van der Waals surface area contributed by atoms with E-state index in [0.29, 0.717) is 5.88 Å². The molecule has 4 nitrogen and oxygen atoms in total. The first kappa shape index (κ1) is 16.7. The molecule has 0 aliphatic rings. The van der Waals surface area contributed by atoms with Gasteiger partial charge < -0.3 is 10.1 Å². The van der Waals surface area contributed by atoms with E-state index in [2.05, 4.69) is 36.1 Å². The molecule has 0 radical (unpaired) electrons. The van der Waals surface area contributed by atoms with Crippen LogP contribution < -0.4 is 10.1 Å². The van der Waals surface area contributed by atoms with Gasteiger partial charge >= 0.3 is 0 Å². The average molecular weight is 279 g/mol. The number of ether oxygens (including phenoxy) is 1. The topological polar surface area (TPSA) is 47.0 Å². The summed E-state index contributed by atoms with van der Waals surface area (Å²) in [6, 6.07) is 0. The summed E-state index contributed by atoms with van der Waals surface area (Å²) in [6.07, 6.45) is 9.03. The van der Waals surface area contributed by atoms with Crippen LogP contribution in [0.15, 0.2) is 6.33 Å². The summed E-state index contributed by atoms with van der Waals surface area (Å²) in [4.78, 5) is 8.53. The molecule has 0 amide bonds. The van der Waals surface area contributed by atoms with E-state index < -0.39 is 0 Å². The molecule has 1 atom stereocenters. The van der Waals surface area contributed by atoms with Crippen molar-refractivity contribution in [2.75, 3.05) is 11.9 Å². The summed E-state index contributed by atoms with van der Waals surface area (Å²) in [5.74, 6) is 1.59. The Balaban J connectivity index is 2.49. The van der Waals surface area contributed by atoms with Gasteiger partial charge in [0, 0.05) is 6.54 Å². The monoisotopic (exact) mass is 279 g/mol. The van der Waals surface area contributed by atoms with Crippen molar-refractivity contribution < 1.29 is 4.74 Å². The van der Waals surface area contributed by atoms with E-state index in [9.17, 15) is 0 Å². The van der Waals surface area contributed by atoms with Crippen LogP contribution >= 0.6 is 0 Å². The van der Waals surface area contributed by atoms with Crippen LogP contribution in [0, 0.1) is 6.92 Å². The van der Waals surface area contributed by atoms with Gasteiger partial charge in [0.15, 0.2) is 0 Å². The van der Waals surface area contributed by atoms with E-state index in [0.717, 1.165) is 30.8 Å². The van der Waals surface area contributed by atoms with Crippen LogP contribution in [-0.2, 0) is 0 Å². The second kappa shape index (κ2) is 9.56. The highest BCUT2D eigenvalue weighted by molar-refractivity contribution is 5.47. The van der Waals surface area contributed by atoms with Gasteiger partial charge in [-0.25, -0.2) is 9.97 Å². The molecule has 0 aliphatic carbocycles. The SMILES string of the molecule is CCCCCCC(C)Oc1ncnc(NCCC)c1C. The Bertz CT molecular complexity index is 382. The Morgan fingerprint density at radius 2 is 1.95 bits per heavy atom. The van der Waals surface area contributed by atoms with Gasteiger partial charge in [-0.3, -0.25) is 0 Å². The standard InChI is InChI=1S/C16H29N3O/c1-5-7-8-9-10-13(3)20-16-14(4)15(17-11-6-2)18-12-19-16/h12-13H,5-11H2,1-4H3,(H,17,18,19). The Morgan fingerprint density at radius 1 is 1.15 bits per heavy atom. The van der Waals surface area contributed by atoms with Gasteiger partial charge in [-0.15, -0.1) is 0 Å². The van der Waals surface area contributed by atoms with E-state index in [4.69, 9.17) is 4.74 Å². The lowest BCUT2D eigenvalue weighted by molar-refractivity contribution is 0.196. The number of aromatic nitrogens is 2. The second-order valence-electron chi connectivity index (χ2n) is 5.36. The van der Waals surface area contributed by atoms with E-state index in [-0.39, 0.29) is 6.10 Å². The Labute approximate surface area is 123 Å². The van der Waals surface area contributed by atoms with Crippen molar-refractivity contribution in [2.24, 2.45) is 0 Å². The molecular weight excluding hydrogens is 250 g/mol. The van der Waals surface area contributed by atoms with Crippen LogP contribution in [0.4, 0.5) is 5.82 Å². The minimum absolute atomic E-state index is 0.208. The number of unbranched alkanes of at least 4 members (excludes halogenated alkanes) is 3. The van der Waals surface area contributed by atoms with Crippen LogP contribution in [0.3, 0.4) is 0 Å². The maximum absolute atomic E-state index is 5.95. The van der Waals surface area contributed by atoms with Crippen molar-refractivity contribution in [3.8, 4) is 5.88 Å². The highest BCUT2D eigenvalue weighted by atomic mass is 16.5. The lowest BCUT2D eigenvalue weighted by Gasteiger charge is -2.16. The molecule has 0 saturated carbocycles. The Morgan fingerprint density at radius 3 is 2.65 bits per heavy atom. The van der Waals surface area contributed by atoms with Crippen molar-refractivity contribution in [1.29, 1.82) is 0 Å². The van der Waals surface area contributed by atoms with Crippen molar-refractivity contribution in [1.82, 2.24) is 9.97 Å².